The second-order valence-electron chi connectivity index (χ2n) is 6.52. The van der Waals surface area contributed by atoms with Crippen LogP contribution in [0.3, 0.4) is 0 Å². The summed E-state index contributed by atoms with van der Waals surface area (Å²) in [6, 6.07) is 0. The van der Waals surface area contributed by atoms with E-state index < -0.39 is 43.3 Å². The molecule has 0 aromatic heterocycles. The Morgan fingerprint density at radius 2 is 1.85 bits per heavy atom. The quantitative estimate of drug-likeness (QED) is 0.289. The summed E-state index contributed by atoms with van der Waals surface area (Å²) in [5.41, 5.74) is 0. The third kappa shape index (κ3) is 7.72. The van der Waals surface area contributed by atoms with Gasteiger partial charge < -0.3 is 29.2 Å². The number of aliphatic hydroxyl groups is 2. The van der Waals surface area contributed by atoms with Crippen molar-refractivity contribution in [3.63, 3.8) is 0 Å². The van der Waals surface area contributed by atoms with Gasteiger partial charge in [-0.05, 0) is 6.42 Å². The fourth-order valence-corrected chi connectivity index (χ4v) is 2.94. The molecule has 0 aliphatic carbocycles. The van der Waals surface area contributed by atoms with Crippen molar-refractivity contribution in [2.45, 2.75) is 83.1 Å². The Bertz CT molecular complexity index is 401. The fraction of sp³-hybridized carbons (Fsp3) is 0.842. The van der Waals surface area contributed by atoms with Crippen LogP contribution in [0, 0.1) is 0 Å². The minimum absolute atomic E-state index is 0.168. The second-order valence-corrected chi connectivity index (χ2v) is 6.52. The number of hydrogen-bond acceptors (Lipinski definition) is 7. The third-order valence-electron chi connectivity index (χ3n) is 4.29. The maximum atomic E-state index is 11.5. The van der Waals surface area contributed by atoms with Crippen LogP contribution >= 0.6 is 0 Å². The van der Waals surface area contributed by atoms with Crippen LogP contribution in [0.15, 0.2) is 12.7 Å². The van der Waals surface area contributed by atoms with Gasteiger partial charge in [-0.3, -0.25) is 4.79 Å². The third-order valence-corrected chi connectivity index (χ3v) is 4.29. The van der Waals surface area contributed by atoms with Crippen LogP contribution in [-0.4, -0.2) is 66.7 Å². The molecular formula is C19H34O7. The van der Waals surface area contributed by atoms with Crippen molar-refractivity contribution < 1.29 is 34.0 Å². The maximum absolute atomic E-state index is 11.5. The van der Waals surface area contributed by atoms with E-state index in [1.807, 2.05) is 0 Å². The standard InChI is InChI=1S/C19H34O7/c1-4-6-7-8-9-10-12-24-19-18(25-14(3)21)17(23-11-5-2)16(22)15(13-20)26-19/h5,15-20,22H,2,4,6-13H2,1,3H3/t15-,16-,17+,18+,19-/m1/s1. The Hall–Kier alpha value is -0.990. The summed E-state index contributed by atoms with van der Waals surface area (Å²) in [7, 11) is 0. The largest absolute Gasteiger partial charge is 0.454 e. The summed E-state index contributed by atoms with van der Waals surface area (Å²) in [6.07, 6.45) is 3.56. The minimum Gasteiger partial charge on any atom is -0.454 e. The molecule has 1 aliphatic heterocycles. The molecule has 0 amide bonds. The molecule has 152 valence electrons. The van der Waals surface area contributed by atoms with Gasteiger partial charge in [-0.15, -0.1) is 6.58 Å². The first-order valence-corrected chi connectivity index (χ1v) is 9.50. The minimum atomic E-state index is -1.14. The molecule has 0 saturated carbocycles. The van der Waals surface area contributed by atoms with E-state index in [0.29, 0.717) is 6.61 Å². The number of aliphatic hydroxyl groups excluding tert-OH is 2. The van der Waals surface area contributed by atoms with Gasteiger partial charge in [0.05, 0.1) is 13.2 Å². The van der Waals surface area contributed by atoms with Crippen molar-refractivity contribution in [2.24, 2.45) is 0 Å². The fourth-order valence-electron chi connectivity index (χ4n) is 2.94. The monoisotopic (exact) mass is 374 g/mol. The lowest BCUT2D eigenvalue weighted by molar-refractivity contribution is -0.309. The summed E-state index contributed by atoms with van der Waals surface area (Å²) < 4.78 is 22.3. The summed E-state index contributed by atoms with van der Waals surface area (Å²) >= 11 is 0. The summed E-state index contributed by atoms with van der Waals surface area (Å²) in [6.45, 7) is 7.25. The van der Waals surface area contributed by atoms with Crippen LogP contribution in [0.25, 0.3) is 0 Å². The topological polar surface area (TPSA) is 94.5 Å². The first kappa shape index (κ1) is 23.0. The van der Waals surface area contributed by atoms with E-state index in [2.05, 4.69) is 13.5 Å². The van der Waals surface area contributed by atoms with E-state index in [1.54, 1.807) is 0 Å². The Kier molecular flexibility index (Phi) is 11.7. The van der Waals surface area contributed by atoms with Crippen molar-refractivity contribution in [1.29, 1.82) is 0 Å². The van der Waals surface area contributed by atoms with E-state index in [0.717, 1.165) is 19.3 Å². The molecule has 0 unspecified atom stereocenters. The number of unbranched alkanes of at least 4 members (excludes halogenated alkanes) is 5. The number of carbonyl (C=O) groups excluding carboxylic acids is 1. The predicted octanol–water partition coefficient (Wildman–Crippen LogP) is 1.94. The van der Waals surface area contributed by atoms with E-state index >= 15 is 0 Å². The predicted molar refractivity (Wildman–Crippen MR) is 96.6 cm³/mol. The number of rotatable bonds is 13. The highest BCUT2D eigenvalue weighted by atomic mass is 16.7. The van der Waals surface area contributed by atoms with Crippen LogP contribution in [0.4, 0.5) is 0 Å². The molecule has 1 rings (SSSR count). The molecule has 1 aliphatic rings. The Labute approximate surface area is 156 Å². The van der Waals surface area contributed by atoms with Gasteiger partial charge in [0, 0.05) is 13.5 Å². The van der Waals surface area contributed by atoms with Crippen molar-refractivity contribution in [3.8, 4) is 0 Å². The molecule has 5 atom stereocenters. The summed E-state index contributed by atoms with van der Waals surface area (Å²) in [5.74, 6) is -0.520. The normalized spacial score (nSPS) is 28.7. The second kappa shape index (κ2) is 13.2. The van der Waals surface area contributed by atoms with Gasteiger partial charge >= 0.3 is 5.97 Å². The zero-order valence-corrected chi connectivity index (χ0v) is 16.0. The molecule has 2 N–H and O–H groups in total. The van der Waals surface area contributed by atoms with Crippen molar-refractivity contribution >= 4 is 5.97 Å². The number of ether oxygens (including phenoxy) is 4. The van der Waals surface area contributed by atoms with Crippen LogP contribution in [0.5, 0.6) is 0 Å². The van der Waals surface area contributed by atoms with E-state index in [4.69, 9.17) is 18.9 Å². The van der Waals surface area contributed by atoms with E-state index in [9.17, 15) is 15.0 Å². The first-order chi connectivity index (χ1) is 12.5. The number of carbonyl (C=O) groups is 1. The molecule has 7 heteroatoms. The average molecular weight is 374 g/mol. The summed E-state index contributed by atoms with van der Waals surface area (Å²) in [5, 5.41) is 19.8. The molecule has 0 aromatic carbocycles. The number of esters is 1. The van der Waals surface area contributed by atoms with Crippen molar-refractivity contribution in [3.05, 3.63) is 12.7 Å². The SMILES string of the molecule is C=CCO[C@H]1[C@H](O)[C@@H](CO)O[C@@H](OCCCCCCCC)[C@H]1OC(C)=O. The average Bonchev–Trinajstić information content (AvgIpc) is 2.61. The lowest BCUT2D eigenvalue weighted by Crippen LogP contribution is -2.61. The molecular weight excluding hydrogens is 340 g/mol. The zero-order chi connectivity index (χ0) is 19.4. The Morgan fingerprint density at radius 3 is 2.46 bits per heavy atom. The Morgan fingerprint density at radius 1 is 1.15 bits per heavy atom. The highest BCUT2D eigenvalue weighted by Gasteiger charge is 2.48. The van der Waals surface area contributed by atoms with E-state index in [1.165, 1.54) is 32.3 Å². The van der Waals surface area contributed by atoms with Crippen molar-refractivity contribution in [1.82, 2.24) is 0 Å². The Balaban J connectivity index is 2.64. The van der Waals surface area contributed by atoms with Crippen LogP contribution in [-0.2, 0) is 23.7 Å². The van der Waals surface area contributed by atoms with Gasteiger partial charge in [-0.1, -0.05) is 45.1 Å². The molecule has 1 fully saturated rings. The van der Waals surface area contributed by atoms with Crippen LogP contribution in [0.1, 0.15) is 52.4 Å². The van der Waals surface area contributed by atoms with Gasteiger partial charge in [-0.2, -0.15) is 0 Å². The zero-order valence-electron chi connectivity index (χ0n) is 16.0. The highest BCUT2D eigenvalue weighted by molar-refractivity contribution is 5.66. The molecule has 0 bridgehead atoms. The molecule has 0 spiro atoms. The molecule has 1 heterocycles. The van der Waals surface area contributed by atoms with Gasteiger partial charge in [0.25, 0.3) is 0 Å². The van der Waals surface area contributed by atoms with E-state index in [-0.39, 0.29) is 6.61 Å². The number of hydrogen-bond donors (Lipinski definition) is 2. The van der Waals surface area contributed by atoms with Crippen molar-refractivity contribution in [2.75, 3.05) is 19.8 Å². The van der Waals surface area contributed by atoms with Gasteiger partial charge in [0.15, 0.2) is 12.4 Å². The van der Waals surface area contributed by atoms with Gasteiger partial charge in [0.2, 0.25) is 0 Å². The van der Waals surface area contributed by atoms with Crippen LogP contribution < -0.4 is 0 Å². The first-order valence-electron chi connectivity index (χ1n) is 9.50. The molecule has 0 radical (unpaired) electrons. The molecule has 0 aromatic rings. The highest BCUT2D eigenvalue weighted by Crippen LogP contribution is 2.27. The lowest BCUT2D eigenvalue weighted by atomic mass is 9.98. The lowest BCUT2D eigenvalue weighted by Gasteiger charge is -2.43. The van der Waals surface area contributed by atoms with Gasteiger partial charge in [-0.25, -0.2) is 0 Å². The van der Waals surface area contributed by atoms with Gasteiger partial charge in [0.1, 0.15) is 18.3 Å². The molecule has 1 saturated heterocycles. The molecule has 7 nitrogen and oxygen atoms in total. The maximum Gasteiger partial charge on any atom is 0.303 e. The smallest absolute Gasteiger partial charge is 0.303 e. The summed E-state index contributed by atoms with van der Waals surface area (Å²) in [4.78, 5) is 11.5. The molecule has 26 heavy (non-hydrogen) atoms. The van der Waals surface area contributed by atoms with Crippen LogP contribution in [0.2, 0.25) is 0 Å².